The lowest BCUT2D eigenvalue weighted by molar-refractivity contribution is -0.162. The van der Waals surface area contributed by atoms with E-state index in [0.717, 1.165) is 74.8 Å². The minimum Gasteiger partial charge on any atom is -0.497 e. The number of carbonyl (C=O) groups excluding carboxylic acids is 2. The number of methoxy groups -OCH3 is 1. The van der Waals surface area contributed by atoms with Gasteiger partial charge in [-0.2, -0.15) is 12.7 Å². The number of nitrogens with zero attached hydrogens (tertiary/aromatic N) is 2. The van der Waals surface area contributed by atoms with Gasteiger partial charge in [-0.1, -0.05) is 32.3 Å². The van der Waals surface area contributed by atoms with Gasteiger partial charge in [0, 0.05) is 54.0 Å². The Morgan fingerprint density at radius 3 is 2.53 bits per heavy atom. The van der Waals surface area contributed by atoms with Gasteiger partial charge in [0.05, 0.1) is 18.2 Å². The molecule has 7 aliphatic rings. The average Bonchev–Trinajstić information content (AvgIpc) is 3.99. The molecule has 6 aliphatic carbocycles. The summed E-state index contributed by atoms with van der Waals surface area (Å²) in [6.45, 7) is 2.79. The molecule has 1 aliphatic heterocycles. The van der Waals surface area contributed by atoms with Gasteiger partial charge in [-0.15, -0.1) is 0 Å². The Hall–Kier alpha value is -3.37. The number of esters is 1. The van der Waals surface area contributed by atoms with Crippen LogP contribution in [0.2, 0.25) is 0 Å². The quantitative estimate of drug-likeness (QED) is 0.333. The minimum atomic E-state index is -3.97. The number of fused-ring (bicyclic) bond motifs is 10. The van der Waals surface area contributed by atoms with Gasteiger partial charge >= 0.3 is 16.2 Å². The van der Waals surface area contributed by atoms with Gasteiger partial charge in [0.2, 0.25) is 0 Å². The van der Waals surface area contributed by atoms with Gasteiger partial charge in [0.1, 0.15) is 11.9 Å². The Morgan fingerprint density at radius 2 is 1.85 bits per heavy atom. The molecule has 246 valence electrons. The third kappa shape index (κ3) is 3.36. The number of carbonyl (C=O) groups is 2. The first-order chi connectivity index (χ1) is 22.5. The molecular weight excluding hydrogens is 614 g/mol. The van der Waals surface area contributed by atoms with Crippen molar-refractivity contribution >= 4 is 33.0 Å². The number of hydrogen-bond acceptors (Lipinski definition) is 6. The maximum atomic E-state index is 14.5. The zero-order chi connectivity index (χ0) is 32.4. The Bertz CT molecular complexity index is 2060. The van der Waals surface area contributed by atoms with Crippen molar-refractivity contribution in [1.29, 1.82) is 0 Å². The topological polar surface area (TPSA) is 107 Å². The van der Waals surface area contributed by atoms with Crippen LogP contribution < -0.4 is 9.46 Å². The molecule has 10 heteroatoms. The van der Waals surface area contributed by atoms with Crippen molar-refractivity contribution in [1.82, 2.24) is 13.6 Å². The van der Waals surface area contributed by atoms with Gasteiger partial charge in [0.15, 0.2) is 0 Å². The van der Waals surface area contributed by atoms with Crippen LogP contribution in [-0.4, -0.2) is 56.5 Å². The lowest BCUT2D eigenvalue weighted by atomic mass is 9.81. The third-order valence-electron chi connectivity index (χ3n) is 14.0. The summed E-state index contributed by atoms with van der Waals surface area (Å²) in [4.78, 5) is 27.9. The molecule has 6 fully saturated rings. The van der Waals surface area contributed by atoms with Crippen molar-refractivity contribution < 1.29 is 27.5 Å². The highest BCUT2D eigenvalue weighted by atomic mass is 32.2. The lowest BCUT2D eigenvalue weighted by Crippen LogP contribution is -2.39. The van der Waals surface area contributed by atoms with Crippen LogP contribution in [0.1, 0.15) is 85.2 Å². The normalized spacial score (nSPS) is 36.7. The summed E-state index contributed by atoms with van der Waals surface area (Å²) < 4.78 is 42.9. The molecule has 0 radical (unpaired) electrons. The van der Waals surface area contributed by atoms with Crippen molar-refractivity contribution in [2.24, 2.45) is 34.0 Å². The highest BCUT2D eigenvalue weighted by Crippen LogP contribution is 3.13. The zero-order valence-electron chi connectivity index (χ0n) is 27.3. The Labute approximate surface area is 275 Å². The molecule has 8 atom stereocenters. The fourth-order valence-corrected chi connectivity index (χ4v) is 12.0. The number of rotatable bonds is 7. The van der Waals surface area contributed by atoms with E-state index in [1.165, 1.54) is 38.9 Å². The van der Waals surface area contributed by atoms with Crippen molar-refractivity contribution in [2.75, 3.05) is 21.2 Å². The van der Waals surface area contributed by atoms with Gasteiger partial charge in [0.25, 0.3) is 5.91 Å². The summed E-state index contributed by atoms with van der Waals surface area (Å²) >= 11 is 0. The fourth-order valence-electron chi connectivity index (χ4n) is 11.5. The first-order valence-electron chi connectivity index (χ1n) is 17.3. The molecule has 1 N–H and O–H groups in total. The summed E-state index contributed by atoms with van der Waals surface area (Å²) in [6, 6.07) is 11.8. The molecule has 0 bridgehead atoms. The minimum absolute atomic E-state index is 0.00581. The fraction of sp³-hybridized carbons (Fsp3) is 0.568. The van der Waals surface area contributed by atoms with E-state index in [-0.39, 0.29) is 29.0 Å². The van der Waals surface area contributed by atoms with Crippen molar-refractivity contribution in [2.45, 2.75) is 76.4 Å². The van der Waals surface area contributed by atoms with Gasteiger partial charge in [-0.3, -0.25) is 9.59 Å². The van der Waals surface area contributed by atoms with E-state index in [1.54, 1.807) is 13.2 Å². The Kier molecular flexibility index (Phi) is 5.36. The van der Waals surface area contributed by atoms with Crippen LogP contribution in [0.15, 0.2) is 36.4 Å². The predicted molar refractivity (Wildman–Crippen MR) is 175 cm³/mol. The first kappa shape index (κ1) is 28.6. The second-order valence-electron chi connectivity index (χ2n) is 16.0. The van der Waals surface area contributed by atoms with E-state index in [0.29, 0.717) is 24.3 Å². The molecular formula is C37H41N3O6S. The summed E-state index contributed by atoms with van der Waals surface area (Å²) in [5, 5.41) is 1.06. The van der Waals surface area contributed by atoms with Crippen LogP contribution in [0.3, 0.4) is 0 Å². The van der Waals surface area contributed by atoms with Gasteiger partial charge < -0.3 is 14.0 Å². The summed E-state index contributed by atoms with van der Waals surface area (Å²) in [7, 11) is 0.488. The summed E-state index contributed by atoms with van der Waals surface area (Å²) in [6.07, 6.45) is 7.44. The van der Waals surface area contributed by atoms with Crippen LogP contribution >= 0.6 is 0 Å². The first-order valence-corrected chi connectivity index (χ1v) is 18.7. The van der Waals surface area contributed by atoms with Gasteiger partial charge in [-0.05, 0) is 96.2 Å². The SMILES string of the molecule is COc1ccc2c(c1)C1CC1(C(=O)O[C@@H]1C[C@H]3C4C5C43[C@]51C)Cn1c-2c(C2CCCCC2)c2ccc(C(=O)NS(=O)(=O)N(C)C)cc21. The third-order valence-corrected chi connectivity index (χ3v) is 15.4. The number of amides is 1. The second kappa shape index (κ2) is 8.80. The zero-order valence-corrected chi connectivity index (χ0v) is 28.2. The highest BCUT2D eigenvalue weighted by molar-refractivity contribution is 7.87. The number of nitrogens with one attached hydrogen (secondary N) is 1. The molecule has 1 aromatic heterocycles. The second-order valence-corrected chi connectivity index (χ2v) is 17.8. The lowest BCUT2D eigenvalue weighted by Gasteiger charge is -2.30. The Balaban J connectivity index is 1.12. The molecule has 9 nitrogen and oxygen atoms in total. The monoisotopic (exact) mass is 655 g/mol. The van der Waals surface area contributed by atoms with Crippen molar-refractivity contribution in [3.8, 4) is 17.0 Å². The average molecular weight is 656 g/mol. The molecule has 10 rings (SSSR count). The van der Waals surface area contributed by atoms with Crippen LogP contribution in [0.25, 0.3) is 22.2 Å². The number of benzene rings is 2. The highest BCUT2D eigenvalue weighted by Gasteiger charge is 3.12. The van der Waals surface area contributed by atoms with E-state index in [1.807, 2.05) is 18.2 Å². The van der Waals surface area contributed by atoms with Crippen LogP contribution in [0.4, 0.5) is 0 Å². The van der Waals surface area contributed by atoms with Crippen molar-refractivity contribution in [3.05, 3.63) is 53.1 Å². The molecule has 1 amide bonds. The molecule has 2 aromatic carbocycles. The number of aromatic nitrogens is 1. The molecule has 47 heavy (non-hydrogen) atoms. The van der Waals surface area contributed by atoms with E-state index in [2.05, 4.69) is 28.3 Å². The predicted octanol–water partition coefficient (Wildman–Crippen LogP) is 5.59. The number of hydrogen-bond donors (Lipinski definition) is 1. The van der Waals surface area contributed by atoms with Crippen LogP contribution in [0, 0.1) is 34.0 Å². The van der Waals surface area contributed by atoms with E-state index >= 15 is 0 Å². The van der Waals surface area contributed by atoms with E-state index < -0.39 is 21.5 Å². The molecule has 3 aromatic rings. The molecule has 1 spiro atoms. The Morgan fingerprint density at radius 1 is 1.06 bits per heavy atom. The maximum absolute atomic E-state index is 14.5. The standard InChI is InChI=1S/C37H41N3O6S/c1-35-28(16-25-30-32(35)37(25,30)35)46-34(42)36-17-26(36)24-15-21(45-4)11-13-22(24)31-29(19-8-6-5-7-9-19)23-12-10-20(14-27(23)40(31)18-36)33(41)38-47(43,44)39(2)3/h10-15,19,25-26,28,30,32H,5-9,16-18H2,1-4H3,(H,38,41)/t25-,26?,28+,30?,32?,35-,36?,37?/m0/s1. The molecule has 0 saturated heterocycles. The molecule has 5 unspecified atom stereocenters. The van der Waals surface area contributed by atoms with E-state index in [4.69, 9.17) is 9.47 Å². The number of ether oxygens (including phenoxy) is 2. The smallest absolute Gasteiger partial charge is 0.314 e. The van der Waals surface area contributed by atoms with E-state index in [9.17, 15) is 18.0 Å². The van der Waals surface area contributed by atoms with Gasteiger partial charge in [-0.25, -0.2) is 4.72 Å². The molecule has 6 saturated carbocycles. The van der Waals surface area contributed by atoms with Crippen molar-refractivity contribution in [3.63, 3.8) is 0 Å². The van der Waals surface area contributed by atoms with Crippen LogP contribution in [0.5, 0.6) is 5.75 Å². The summed E-state index contributed by atoms with van der Waals surface area (Å²) in [5.41, 5.74) is 5.73. The summed E-state index contributed by atoms with van der Waals surface area (Å²) in [5.74, 6) is 2.81. The molecule has 2 heterocycles. The maximum Gasteiger partial charge on any atom is 0.314 e. The largest absolute Gasteiger partial charge is 0.497 e. The van der Waals surface area contributed by atoms with Crippen LogP contribution in [-0.2, 0) is 26.3 Å².